The number of nitriles is 1. The largest absolute Gasteiger partial charge is 0.303 e. The molecule has 64 valence electrons. The van der Waals surface area contributed by atoms with Crippen molar-refractivity contribution in [2.75, 3.05) is 7.05 Å². The molecule has 1 rings (SSSR count). The molecule has 1 atom stereocenters. The summed E-state index contributed by atoms with van der Waals surface area (Å²) < 4.78 is 1.76. The molecule has 1 N–H and O–H groups in total. The Hall–Kier alpha value is -1.34. The highest BCUT2D eigenvalue weighted by molar-refractivity contribution is 5.00. The van der Waals surface area contributed by atoms with Crippen molar-refractivity contribution in [1.82, 2.24) is 15.1 Å². The summed E-state index contributed by atoms with van der Waals surface area (Å²) in [6.07, 6.45) is 3.70. The first-order chi connectivity index (χ1) is 5.76. The van der Waals surface area contributed by atoms with Gasteiger partial charge in [0.15, 0.2) is 0 Å². The van der Waals surface area contributed by atoms with Gasteiger partial charge in [-0.3, -0.25) is 4.68 Å². The maximum atomic E-state index is 8.64. The van der Waals surface area contributed by atoms with Crippen molar-refractivity contribution in [2.24, 2.45) is 0 Å². The van der Waals surface area contributed by atoms with E-state index in [0.717, 1.165) is 5.56 Å². The zero-order valence-electron chi connectivity index (χ0n) is 7.28. The van der Waals surface area contributed by atoms with E-state index in [2.05, 4.69) is 16.5 Å². The molecule has 4 nitrogen and oxygen atoms in total. The lowest BCUT2D eigenvalue weighted by Crippen LogP contribution is -2.28. The fourth-order valence-corrected chi connectivity index (χ4v) is 0.951. The Kier molecular flexibility index (Phi) is 2.83. The minimum absolute atomic E-state index is 0.163. The average molecular weight is 164 g/mol. The van der Waals surface area contributed by atoms with Crippen LogP contribution in [0.1, 0.15) is 5.56 Å². The summed E-state index contributed by atoms with van der Waals surface area (Å²) >= 11 is 0. The minimum atomic E-state index is -0.163. The van der Waals surface area contributed by atoms with Crippen LogP contribution in [0.25, 0.3) is 0 Å². The molecule has 0 aliphatic rings. The van der Waals surface area contributed by atoms with Gasteiger partial charge in [0.1, 0.15) is 6.04 Å². The summed E-state index contributed by atoms with van der Waals surface area (Å²) in [4.78, 5) is 0. The maximum Gasteiger partial charge on any atom is 0.115 e. The molecular weight excluding hydrogens is 152 g/mol. The van der Waals surface area contributed by atoms with Gasteiger partial charge in [0.25, 0.3) is 0 Å². The molecule has 12 heavy (non-hydrogen) atoms. The molecule has 0 saturated carbocycles. The number of aryl methyl sites for hydroxylation is 1. The summed E-state index contributed by atoms with van der Waals surface area (Å²) in [6, 6.07) is 1.97. The quantitative estimate of drug-likeness (QED) is 0.699. The predicted octanol–water partition coefficient (Wildman–Crippen LogP) is 0.303. The van der Waals surface area contributed by atoms with Crippen LogP contribution in [-0.2, 0) is 6.54 Å². The van der Waals surface area contributed by atoms with Crippen molar-refractivity contribution in [3.05, 3.63) is 18.0 Å². The van der Waals surface area contributed by atoms with Crippen molar-refractivity contribution in [3.63, 3.8) is 0 Å². The molecule has 1 unspecified atom stereocenters. The van der Waals surface area contributed by atoms with E-state index < -0.39 is 0 Å². The highest BCUT2D eigenvalue weighted by Gasteiger charge is 2.04. The number of likely N-dealkylation sites (N-methyl/N-ethyl adjacent to an activating group) is 1. The number of hydrogen-bond donors (Lipinski definition) is 1. The van der Waals surface area contributed by atoms with Crippen LogP contribution in [0.5, 0.6) is 0 Å². The lowest BCUT2D eigenvalue weighted by Gasteiger charge is -2.06. The Bertz CT molecular complexity index is 283. The Morgan fingerprint density at radius 3 is 3.00 bits per heavy atom. The zero-order valence-corrected chi connectivity index (χ0v) is 7.28. The summed E-state index contributed by atoms with van der Waals surface area (Å²) in [7, 11) is 1.77. The number of nitrogens with zero attached hydrogens (tertiary/aromatic N) is 3. The van der Waals surface area contributed by atoms with Crippen LogP contribution in [0, 0.1) is 18.3 Å². The van der Waals surface area contributed by atoms with Crippen molar-refractivity contribution in [2.45, 2.75) is 19.5 Å². The lowest BCUT2D eigenvalue weighted by atomic mass is 10.3. The maximum absolute atomic E-state index is 8.64. The molecule has 0 aliphatic heterocycles. The molecule has 0 amide bonds. The van der Waals surface area contributed by atoms with Crippen LogP contribution >= 0.6 is 0 Å². The van der Waals surface area contributed by atoms with Crippen LogP contribution in [0.15, 0.2) is 12.4 Å². The number of nitrogens with one attached hydrogen (secondary N) is 1. The third kappa shape index (κ3) is 2.07. The van der Waals surface area contributed by atoms with Crippen LogP contribution in [-0.4, -0.2) is 22.9 Å². The van der Waals surface area contributed by atoms with Gasteiger partial charge in [-0.1, -0.05) is 0 Å². The van der Waals surface area contributed by atoms with E-state index in [1.54, 1.807) is 17.9 Å². The van der Waals surface area contributed by atoms with Gasteiger partial charge in [-0.25, -0.2) is 0 Å². The standard InChI is InChI=1S/C8H12N4/c1-7-4-11-12(5-7)6-8(3-9)10-2/h4-5,8,10H,6H2,1-2H3. The number of hydrogen-bond acceptors (Lipinski definition) is 3. The zero-order chi connectivity index (χ0) is 8.97. The Labute approximate surface area is 71.8 Å². The highest BCUT2D eigenvalue weighted by Crippen LogP contribution is 1.95. The van der Waals surface area contributed by atoms with Gasteiger partial charge in [0, 0.05) is 6.20 Å². The first-order valence-corrected chi connectivity index (χ1v) is 3.82. The average Bonchev–Trinajstić information content (AvgIpc) is 2.47. The van der Waals surface area contributed by atoms with Crippen LogP contribution in [0.4, 0.5) is 0 Å². The van der Waals surface area contributed by atoms with Gasteiger partial charge < -0.3 is 5.32 Å². The van der Waals surface area contributed by atoms with Crippen molar-refractivity contribution in [3.8, 4) is 6.07 Å². The molecule has 0 aromatic carbocycles. The summed E-state index contributed by atoms with van der Waals surface area (Å²) in [5, 5.41) is 15.6. The molecule has 0 saturated heterocycles. The first kappa shape index (κ1) is 8.75. The molecule has 0 bridgehead atoms. The minimum Gasteiger partial charge on any atom is -0.303 e. The normalized spacial score (nSPS) is 12.4. The third-order valence-corrected chi connectivity index (χ3v) is 1.64. The van der Waals surface area contributed by atoms with Crippen molar-refractivity contribution >= 4 is 0 Å². The molecule has 1 aromatic heterocycles. The Balaban J connectivity index is 2.58. The fraction of sp³-hybridized carbons (Fsp3) is 0.500. The van der Waals surface area contributed by atoms with Crippen LogP contribution in [0.3, 0.4) is 0 Å². The highest BCUT2D eigenvalue weighted by atomic mass is 15.3. The monoisotopic (exact) mass is 164 g/mol. The summed E-state index contributed by atoms with van der Waals surface area (Å²) in [5.74, 6) is 0. The van der Waals surface area contributed by atoms with E-state index in [1.165, 1.54) is 0 Å². The van der Waals surface area contributed by atoms with Gasteiger partial charge in [-0.2, -0.15) is 10.4 Å². The fourth-order valence-electron chi connectivity index (χ4n) is 0.951. The summed E-state index contributed by atoms with van der Waals surface area (Å²) in [6.45, 7) is 2.57. The molecular formula is C8H12N4. The SMILES string of the molecule is CNC(C#N)Cn1cc(C)cn1. The van der Waals surface area contributed by atoms with E-state index in [1.807, 2.05) is 13.1 Å². The number of rotatable bonds is 3. The smallest absolute Gasteiger partial charge is 0.115 e. The van der Waals surface area contributed by atoms with E-state index in [0.29, 0.717) is 6.54 Å². The van der Waals surface area contributed by atoms with E-state index in [4.69, 9.17) is 5.26 Å². The topological polar surface area (TPSA) is 53.6 Å². The van der Waals surface area contributed by atoms with Gasteiger partial charge >= 0.3 is 0 Å². The van der Waals surface area contributed by atoms with E-state index >= 15 is 0 Å². The Morgan fingerprint density at radius 2 is 2.58 bits per heavy atom. The van der Waals surface area contributed by atoms with Crippen molar-refractivity contribution < 1.29 is 0 Å². The molecule has 0 aliphatic carbocycles. The molecule has 1 heterocycles. The molecule has 1 aromatic rings. The Morgan fingerprint density at radius 1 is 1.83 bits per heavy atom. The van der Waals surface area contributed by atoms with Gasteiger partial charge in [-0.15, -0.1) is 0 Å². The number of aromatic nitrogens is 2. The molecule has 0 spiro atoms. The van der Waals surface area contributed by atoms with Gasteiger partial charge in [0.05, 0.1) is 18.8 Å². The van der Waals surface area contributed by atoms with Crippen LogP contribution in [0.2, 0.25) is 0 Å². The molecule has 0 radical (unpaired) electrons. The second-order valence-corrected chi connectivity index (χ2v) is 2.71. The van der Waals surface area contributed by atoms with Crippen molar-refractivity contribution in [1.29, 1.82) is 5.26 Å². The molecule has 0 fully saturated rings. The molecule has 4 heteroatoms. The van der Waals surface area contributed by atoms with Gasteiger partial charge in [-0.05, 0) is 19.5 Å². The summed E-state index contributed by atoms with van der Waals surface area (Å²) in [5.41, 5.74) is 1.11. The third-order valence-electron chi connectivity index (χ3n) is 1.64. The van der Waals surface area contributed by atoms with E-state index in [9.17, 15) is 0 Å². The van der Waals surface area contributed by atoms with Gasteiger partial charge in [0.2, 0.25) is 0 Å². The van der Waals surface area contributed by atoms with E-state index in [-0.39, 0.29) is 6.04 Å². The first-order valence-electron chi connectivity index (χ1n) is 3.82. The second kappa shape index (κ2) is 3.88. The predicted molar refractivity (Wildman–Crippen MR) is 45.4 cm³/mol. The second-order valence-electron chi connectivity index (χ2n) is 2.71. The van der Waals surface area contributed by atoms with Crippen LogP contribution < -0.4 is 5.32 Å². The lowest BCUT2D eigenvalue weighted by molar-refractivity contribution is 0.522.